The van der Waals surface area contributed by atoms with Crippen LogP contribution < -0.4 is 5.32 Å². The molecule has 0 spiro atoms. The average Bonchev–Trinajstić information content (AvgIpc) is 2.26. The Morgan fingerprint density at radius 2 is 1.89 bits per heavy atom. The molecule has 96 valence electrons. The van der Waals surface area contributed by atoms with Gasteiger partial charge in [0.25, 0.3) is 0 Å². The van der Waals surface area contributed by atoms with E-state index in [2.05, 4.69) is 10.2 Å². The maximum atomic E-state index is 11.5. The molecule has 1 N–H and O–H groups in total. The SMILES string of the molecule is [C-]#[N+]C(C)c1ccc(NC(=O)OC(C)(C)C)cc1. The van der Waals surface area contributed by atoms with Crippen LogP contribution in [0.2, 0.25) is 0 Å². The van der Waals surface area contributed by atoms with Gasteiger partial charge < -0.3 is 9.58 Å². The van der Waals surface area contributed by atoms with Crippen molar-refractivity contribution in [2.75, 3.05) is 5.32 Å². The Balaban J connectivity index is 2.65. The van der Waals surface area contributed by atoms with Gasteiger partial charge in [0, 0.05) is 18.2 Å². The molecule has 0 aromatic heterocycles. The number of ether oxygens (including phenoxy) is 1. The fourth-order valence-electron chi connectivity index (χ4n) is 1.34. The number of carbonyl (C=O) groups is 1. The van der Waals surface area contributed by atoms with Crippen LogP contribution in [-0.2, 0) is 4.74 Å². The predicted molar refractivity (Wildman–Crippen MR) is 71.3 cm³/mol. The van der Waals surface area contributed by atoms with E-state index in [0.29, 0.717) is 5.69 Å². The third-order valence-corrected chi connectivity index (χ3v) is 2.23. The summed E-state index contributed by atoms with van der Waals surface area (Å²) in [6.07, 6.45) is -0.478. The van der Waals surface area contributed by atoms with Crippen molar-refractivity contribution >= 4 is 11.8 Å². The summed E-state index contributed by atoms with van der Waals surface area (Å²) in [5, 5.41) is 2.64. The molecular weight excluding hydrogens is 228 g/mol. The predicted octanol–water partition coefficient (Wildman–Crippen LogP) is 4.01. The van der Waals surface area contributed by atoms with E-state index < -0.39 is 11.7 Å². The molecule has 0 fully saturated rings. The van der Waals surface area contributed by atoms with Gasteiger partial charge in [0.2, 0.25) is 6.04 Å². The van der Waals surface area contributed by atoms with Crippen LogP contribution in [0.4, 0.5) is 10.5 Å². The summed E-state index contributed by atoms with van der Waals surface area (Å²) in [5.41, 5.74) is 1.08. The Labute approximate surface area is 108 Å². The van der Waals surface area contributed by atoms with Gasteiger partial charge in [-0.3, -0.25) is 5.32 Å². The Hall–Kier alpha value is -2.02. The lowest BCUT2D eigenvalue weighted by Crippen LogP contribution is -2.27. The van der Waals surface area contributed by atoms with Crippen molar-refractivity contribution < 1.29 is 9.53 Å². The molecule has 0 bridgehead atoms. The number of hydrogen-bond acceptors (Lipinski definition) is 2. The lowest BCUT2D eigenvalue weighted by Gasteiger charge is -2.19. The lowest BCUT2D eigenvalue weighted by molar-refractivity contribution is 0.0636. The van der Waals surface area contributed by atoms with Crippen molar-refractivity contribution in [3.8, 4) is 0 Å². The van der Waals surface area contributed by atoms with Crippen LogP contribution in [0.3, 0.4) is 0 Å². The van der Waals surface area contributed by atoms with Crippen LogP contribution in [0.25, 0.3) is 4.85 Å². The van der Waals surface area contributed by atoms with Crippen molar-refractivity contribution in [2.24, 2.45) is 0 Å². The second-order valence-electron chi connectivity index (χ2n) is 5.05. The summed E-state index contributed by atoms with van der Waals surface area (Å²) >= 11 is 0. The number of anilines is 1. The van der Waals surface area contributed by atoms with E-state index in [0.717, 1.165) is 5.56 Å². The van der Waals surface area contributed by atoms with Crippen molar-refractivity contribution in [3.05, 3.63) is 41.2 Å². The highest BCUT2D eigenvalue weighted by Gasteiger charge is 2.16. The molecule has 0 heterocycles. The summed E-state index contributed by atoms with van der Waals surface area (Å²) in [7, 11) is 0. The number of nitrogens with zero attached hydrogens (tertiary/aromatic N) is 1. The Kier molecular flexibility index (Phi) is 4.33. The summed E-state index contributed by atoms with van der Waals surface area (Å²) < 4.78 is 5.14. The molecule has 18 heavy (non-hydrogen) atoms. The zero-order chi connectivity index (χ0) is 13.8. The fraction of sp³-hybridized carbons (Fsp3) is 0.429. The van der Waals surface area contributed by atoms with Gasteiger partial charge in [-0.25, -0.2) is 11.4 Å². The first-order chi connectivity index (χ1) is 8.31. The van der Waals surface area contributed by atoms with Crippen LogP contribution in [0, 0.1) is 6.57 Å². The molecule has 4 nitrogen and oxygen atoms in total. The highest BCUT2D eigenvalue weighted by molar-refractivity contribution is 5.84. The first-order valence-electron chi connectivity index (χ1n) is 5.78. The van der Waals surface area contributed by atoms with E-state index in [9.17, 15) is 4.79 Å². The van der Waals surface area contributed by atoms with Crippen molar-refractivity contribution in [1.82, 2.24) is 0 Å². The van der Waals surface area contributed by atoms with Crippen molar-refractivity contribution in [1.29, 1.82) is 0 Å². The first-order valence-corrected chi connectivity index (χ1v) is 5.78. The number of amides is 1. The number of benzene rings is 1. The Morgan fingerprint density at radius 3 is 2.33 bits per heavy atom. The van der Waals surface area contributed by atoms with Gasteiger partial charge in [0.1, 0.15) is 5.60 Å². The molecule has 0 aliphatic heterocycles. The summed E-state index contributed by atoms with van der Waals surface area (Å²) in [4.78, 5) is 15.0. The Morgan fingerprint density at radius 1 is 1.33 bits per heavy atom. The highest BCUT2D eigenvalue weighted by atomic mass is 16.6. The zero-order valence-corrected chi connectivity index (χ0v) is 11.2. The molecule has 1 aromatic rings. The summed E-state index contributed by atoms with van der Waals surface area (Å²) in [6.45, 7) is 14.2. The molecule has 0 saturated carbocycles. The standard InChI is InChI=1S/C14H18N2O2/c1-10(15-5)11-6-8-12(9-7-11)16-13(17)18-14(2,3)4/h6-10H,1-4H3,(H,16,17). The third-order valence-electron chi connectivity index (χ3n) is 2.23. The van der Waals surface area contributed by atoms with E-state index in [1.54, 1.807) is 12.1 Å². The smallest absolute Gasteiger partial charge is 0.412 e. The molecule has 1 unspecified atom stereocenters. The molecule has 0 aliphatic carbocycles. The normalized spacial score (nSPS) is 12.4. The minimum absolute atomic E-state index is 0.166. The molecule has 0 radical (unpaired) electrons. The minimum Gasteiger partial charge on any atom is -0.444 e. The lowest BCUT2D eigenvalue weighted by atomic mass is 10.1. The molecular formula is C14H18N2O2. The molecule has 1 aromatic carbocycles. The zero-order valence-electron chi connectivity index (χ0n) is 11.2. The fourth-order valence-corrected chi connectivity index (χ4v) is 1.34. The first kappa shape index (κ1) is 14.0. The van der Waals surface area contributed by atoms with Gasteiger partial charge in [-0.15, -0.1) is 0 Å². The van der Waals surface area contributed by atoms with Gasteiger partial charge in [0.15, 0.2) is 0 Å². The molecule has 1 rings (SSSR count). The van der Waals surface area contributed by atoms with Crippen molar-refractivity contribution in [2.45, 2.75) is 39.3 Å². The quantitative estimate of drug-likeness (QED) is 0.801. The van der Waals surface area contributed by atoms with Crippen LogP contribution in [0.1, 0.15) is 39.3 Å². The third kappa shape index (κ3) is 4.46. The average molecular weight is 246 g/mol. The van der Waals surface area contributed by atoms with Crippen LogP contribution >= 0.6 is 0 Å². The molecule has 0 aliphatic rings. The minimum atomic E-state index is -0.511. The molecule has 0 saturated heterocycles. The number of hydrogen-bond donors (Lipinski definition) is 1. The van der Waals surface area contributed by atoms with Crippen LogP contribution in [0.15, 0.2) is 24.3 Å². The number of rotatable bonds is 2. The van der Waals surface area contributed by atoms with E-state index >= 15 is 0 Å². The summed E-state index contributed by atoms with van der Waals surface area (Å²) in [5.74, 6) is 0. The second kappa shape index (κ2) is 5.54. The maximum absolute atomic E-state index is 11.5. The van der Waals surface area contributed by atoms with Crippen molar-refractivity contribution in [3.63, 3.8) is 0 Å². The van der Waals surface area contributed by atoms with Crippen LogP contribution in [0.5, 0.6) is 0 Å². The summed E-state index contributed by atoms with van der Waals surface area (Å²) in [6, 6.07) is 7.02. The van der Waals surface area contributed by atoms with Gasteiger partial charge in [-0.05, 0) is 45.0 Å². The topological polar surface area (TPSA) is 42.7 Å². The monoisotopic (exact) mass is 246 g/mol. The van der Waals surface area contributed by atoms with E-state index in [4.69, 9.17) is 11.3 Å². The van der Waals surface area contributed by atoms with Gasteiger partial charge in [0.05, 0.1) is 0 Å². The number of carbonyl (C=O) groups excluding carboxylic acids is 1. The molecule has 4 heteroatoms. The van der Waals surface area contributed by atoms with E-state index in [1.807, 2.05) is 39.8 Å². The van der Waals surface area contributed by atoms with Crippen LogP contribution in [-0.4, -0.2) is 11.7 Å². The van der Waals surface area contributed by atoms with E-state index in [1.165, 1.54) is 0 Å². The second-order valence-corrected chi connectivity index (χ2v) is 5.05. The van der Waals surface area contributed by atoms with E-state index in [-0.39, 0.29) is 6.04 Å². The maximum Gasteiger partial charge on any atom is 0.412 e. The highest BCUT2D eigenvalue weighted by Crippen LogP contribution is 2.19. The number of nitrogens with one attached hydrogen (secondary N) is 1. The molecule has 1 atom stereocenters. The Bertz CT molecular complexity index is 452. The molecule has 1 amide bonds. The van der Waals surface area contributed by atoms with Gasteiger partial charge in [-0.2, -0.15) is 0 Å². The van der Waals surface area contributed by atoms with Gasteiger partial charge in [-0.1, -0.05) is 0 Å². The largest absolute Gasteiger partial charge is 0.444 e. The van der Waals surface area contributed by atoms with Gasteiger partial charge >= 0.3 is 6.09 Å².